The van der Waals surface area contributed by atoms with Crippen molar-refractivity contribution in [2.24, 2.45) is 0 Å². The lowest BCUT2D eigenvalue weighted by Gasteiger charge is -2.12. The molecule has 3 aromatic rings. The third-order valence-electron chi connectivity index (χ3n) is 3.41. The van der Waals surface area contributed by atoms with E-state index in [2.05, 4.69) is 10.3 Å². The molecule has 0 aliphatic heterocycles. The number of pyridine rings is 1. The first-order chi connectivity index (χ1) is 10.6. The van der Waals surface area contributed by atoms with Gasteiger partial charge in [0.1, 0.15) is 17.2 Å². The zero-order valence-electron chi connectivity index (χ0n) is 11.9. The smallest absolute Gasteiger partial charge is 0.265 e. The normalized spacial score (nSPS) is 10.3. The summed E-state index contributed by atoms with van der Waals surface area (Å²) < 4.78 is 1.41. The number of fused-ring (bicyclic) bond motifs is 1. The summed E-state index contributed by atoms with van der Waals surface area (Å²) in [5.41, 5.74) is 1.81. The molecule has 3 N–H and O–H groups in total. The molecule has 0 aliphatic rings. The first-order valence-corrected chi connectivity index (χ1v) is 6.78. The highest BCUT2D eigenvalue weighted by Gasteiger charge is 2.13. The van der Waals surface area contributed by atoms with Crippen LogP contribution in [0.1, 0.15) is 18.6 Å². The van der Waals surface area contributed by atoms with Gasteiger partial charge in [-0.15, -0.1) is 0 Å². The largest absolute Gasteiger partial charge is 0.508 e. The van der Waals surface area contributed by atoms with Gasteiger partial charge in [0.05, 0.1) is 12.2 Å². The average molecular weight is 313 g/mol. The van der Waals surface area contributed by atoms with Crippen molar-refractivity contribution in [1.29, 1.82) is 0 Å². The van der Waals surface area contributed by atoms with Crippen molar-refractivity contribution in [1.82, 2.24) is 9.38 Å². The van der Waals surface area contributed by atoms with Gasteiger partial charge in [0.2, 0.25) is 0 Å². The zero-order valence-corrected chi connectivity index (χ0v) is 11.9. The van der Waals surface area contributed by atoms with E-state index in [0.717, 1.165) is 5.56 Å². The summed E-state index contributed by atoms with van der Waals surface area (Å²) in [7, 11) is 0. The van der Waals surface area contributed by atoms with Crippen LogP contribution in [-0.2, 0) is 6.61 Å². The summed E-state index contributed by atoms with van der Waals surface area (Å²) in [6.45, 7) is 1.43. The number of phenolic OH excluding ortho intramolecular Hbond substituents is 1. The number of anilines is 2. The van der Waals surface area contributed by atoms with Crippen molar-refractivity contribution < 1.29 is 10.2 Å². The topological polar surface area (TPSA) is 86.9 Å². The van der Waals surface area contributed by atoms with Crippen LogP contribution in [0.4, 0.5) is 11.5 Å². The van der Waals surface area contributed by atoms with Crippen molar-refractivity contribution >= 4 is 17.2 Å². The molecule has 3 rings (SSSR count). The molecule has 1 aromatic carbocycles. The molecule has 0 radical (unpaired) electrons. The number of nitrogens with zero attached hydrogens (tertiary/aromatic N) is 2. The SMILES string of the molecule is C.Cc1cccn2c(=O)c(CO)c(Nc3cccc(O)c3)nc12. The number of benzene rings is 1. The predicted octanol–water partition coefficient (Wildman–Crippen LogP) is 2.58. The molecule has 0 amide bonds. The second-order valence-corrected chi connectivity index (χ2v) is 4.96. The lowest BCUT2D eigenvalue weighted by Crippen LogP contribution is -2.22. The maximum atomic E-state index is 12.5. The van der Waals surface area contributed by atoms with E-state index in [1.54, 1.807) is 30.5 Å². The number of aryl methyl sites for hydroxylation is 1. The Bertz CT molecular complexity index is 903. The Labute approximate surface area is 133 Å². The number of phenols is 1. The molecule has 6 nitrogen and oxygen atoms in total. The van der Waals surface area contributed by atoms with Gasteiger partial charge in [0.15, 0.2) is 0 Å². The van der Waals surface area contributed by atoms with Crippen LogP contribution in [-0.4, -0.2) is 19.6 Å². The molecule has 0 bridgehead atoms. The van der Waals surface area contributed by atoms with Crippen LogP contribution in [0.25, 0.3) is 5.65 Å². The fourth-order valence-corrected chi connectivity index (χ4v) is 2.30. The van der Waals surface area contributed by atoms with Crippen molar-refractivity contribution in [3.8, 4) is 5.75 Å². The molecule has 23 heavy (non-hydrogen) atoms. The second-order valence-electron chi connectivity index (χ2n) is 4.96. The van der Waals surface area contributed by atoms with Gasteiger partial charge >= 0.3 is 0 Å². The van der Waals surface area contributed by atoms with E-state index in [1.165, 1.54) is 10.5 Å². The van der Waals surface area contributed by atoms with Gasteiger partial charge in [0.25, 0.3) is 5.56 Å². The fraction of sp³-hybridized carbons (Fsp3) is 0.176. The number of rotatable bonds is 3. The third-order valence-corrected chi connectivity index (χ3v) is 3.41. The van der Waals surface area contributed by atoms with E-state index < -0.39 is 6.61 Å². The zero-order chi connectivity index (χ0) is 15.7. The molecule has 2 aromatic heterocycles. The summed E-state index contributed by atoms with van der Waals surface area (Å²) >= 11 is 0. The number of nitrogens with one attached hydrogen (secondary N) is 1. The minimum absolute atomic E-state index is 0. The minimum Gasteiger partial charge on any atom is -0.508 e. The van der Waals surface area contributed by atoms with E-state index >= 15 is 0 Å². The van der Waals surface area contributed by atoms with Gasteiger partial charge < -0.3 is 15.5 Å². The van der Waals surface area contributed by atoms with Crippen LogP contribution in [0.3, 0.4) is 0 Å². The highest BCUT2D eigenvalue weighted by Crippen LogP contribution is 2.21. The lowest BCUT2D eigenvalue weighted by molar-refractivity contribution is 0.280. The molecule has 0 aliphatic carbocycles. The monoisotopic (exact) mass is 313 g/mol. The molecule has 0 saturated carbocycles. The lowest BCUT2D eigenvalue weighted by atomic mass is 10.2. The quantitative estimate of drug-likeness (QED) is 0.692. The van der Waals surface area contributed by atoms with Crippen LogP contribution < -0.4 is 10.9 Å². The maximum absolute atomic E-state index is 12.5. The third kappa shape index (κ3) is 3.02. The molecule has 0 fully saturated rings. The summed E-state index contributed by atoms with van der Waals surface area (Å²) in [5, 5.41) is 22.0. The maximum Gasteiger partial charge on any atom is 0.265 e. The standard InChI is InChI=1S/C16H15N3O3.CH4/c1-10-4-3-7-19-15(10)18-14(13(9-20)16(19)22)17-11-5-2-6-12(21)8-11;/h2-8,17,20-21H,9H2,1H3;1H4. The Morgan fingerprint density at radius 1 is 1.26 bits per heavy atom. The van der Waals surface area contributed by atoms with E-state index in [0.29, 0.717) is 11.3 Å². The molecule has 0 saturated heterocycles. The summed E-state index contributed by atoms with van der Waals surface area (Å²) in [6.07, 6.45) is 1.62. The van der Waals surface area contributed by atoms with E-state index in [1.807, 2.05) is 13.0 Å². The molecular formula is C17H19N3O3. The molecule has 2 heterocycles. The highest BCUT2D eigenvalue weighted by molar-refractivity contribution is 5.63. The Hall–Kier alpha value is -2.86. The Balaban J connectivity index is 0.00000192. The van der Waals surface area contributed by atoms with Crippen molar-refractivity contribution in [2.75, 3.05) is 5.32 Å². The number of aliphatic hydroxyl groups is 1. The highest BCUT2D eigenvalue weighted by atomic mass is 16.3. The Kier molecular flexibility index (Phi) is 4.66. The fourth-order valence-electron chi connectivity index (χ4n) is 2.30. The van der Waals surface area contributed by atoms with Gasteiger partial charge in [-0.25, -0.2) is 4.98 Å². The number of aromatic hydroxyl groups is 1. The van der Waals surface area contributed by atoms with Crippen molar-refractivity contribution in [3.63, 3.8) is 0 Å². The average Bonchev–Trinajstić information content (AvgIpc) is 2.49. The van der Waals surface area contributed by atoms with Gasteiger partial charge in [0, 0.05) is 18.0 Å². The number of hydrogen-bond donors (Lipinski definition) is 3. The molecule has 120 valence electrons. The van der Waals surface area contributed by atoms with Gasteiger partial charge in [-0.05, 0) is 30.7 Å². The first-order valence-electron chi connectivity index (χ1n) is 6.78. The Morgan fingerprint density at radius 3 is 2.74 bits per heavy atom. The predicted molar refractivity (Wildman–Crippen MR) is 90.2 cm³/mol. The number of aromatic nitrogens is 2. The summed E-state index contributed by atoms with van der Waals surface area (Å²) in [6, 6.07) is 10.1. The second kappa shape index (κ2) is 6.50. The number of aliphatic hydroxyl groups excluding tert-OH is 1. The molecule has 0 spiro atoms. The van der Waals surface area contributed by atoms with Crippen LogP contribution in [0.2, 0.25) is 0 Å². The Morgan fingerprint density at radius 2 is 2.04 bits per heavy atom. The first kappa shape index (κ1) is 16.5. The van der Waals surface area contributed by atoms with Crippen molar-refractivity contribution in [2.45, 2.75) is 21.0 Å². The van der Waals surface area contributed by atoms with Crippen LogP contribution in [0.15, 0.2) is 47.4 Å². The van der Waals surface area contributed by atoms with Crippen molar-refractivity contribution in [3.05, 3.63) is 64.1 Å². The van der Waals surface area contributed by atoms with Gasteiger partial charge in [-0.1, -0.05) is 19.6 Å². The van der Waals surface area contributed by atoms with Gasteiger partial charge in [-0.3, -0.25) is 9.20 Å². The van der Waals surface area contributed by atoms with E-state index in [4.69, 9.17) is 0 Å². The molecule has 6 heteroatoms. The molecule has 0 atom stereocenters. The molecule has 0 unspecified atom stereocenters. The summed E-state index contributed by atoms with van der Waals surface area (Å²) in [4.78, 5) is 16.9. The minimum atomic E-state index is -0.427. The summed E-state index contributed by atoms with van der Waals surface area (Å²) in [5.74, 6) is 0.386. The van der Waals surface area contributed by atoms with Crippen LogP contribution >= 0.6 is 0 Å². The van der Waals surface area contributed by atoms with E-state index in [9.17, 15) is 15.0 Å². The van der Waals surface area contributed by atoms with Crippen LogP contribution in [0.5, 0.6) is 5.75 Å². The number of hydrogen-bond acceptors (Lipinski definition) is 5. The molecular weight excluding hydrogens is 294 g/mol. The van der Waals surface area contributed by atoms with Crippen LogP contribution in [0, 0.1) is 6.92 Å². The van der Waals surface area contributed by atoms with Gasteiger partial charge in [-0.2, -0.15) is 0 Å². The van der Waals surface area contributed by atoms with E-state index in [-0.39, 0.29) is 30.1 Å².